The normalized spacial score (nSPS) is 9.00. The van der Waals surface area contributed by atoms with Gasteiger partial charge in [-0.15, -0.1) is 0 Å². The first-order valence-electron chi connectivity index (χ1n) is 3.15. The van der Waals surface area contributed by atoms with Crippen LogP contribution in [-0.2, 0) is 14.0 Å². The molecule has 4 nitrogen and oxygen atoms in total. The van der Waals surface area contributed by atoms with Crippen LogP contribution in [0.15, 0.2) is 4.99 Å². The van der Waals surface area contributed by atoms with Gasteiger partial charge in [-0.1, -0.05) is 13.8 Å². The van der Waals surface area contributed by atoms with E-state index in [1.54, 1.807) is 13.8 Å². The minimum absolute atomic E-state index is 0.0665. The van der Waals surface area contributed by atoms with Gasteiger partial charge in [0.25, 0.3) is 5.97 Å². The highest BCUT2D eigenvalue weighted by Crippen LogP contribution is 1.93. The second kappa shape index (κ2) is 5.82. The van der Waals surface area contributed by atoms with E-state index >= 15 is 0 Å². The van der Waals surface area contributed by atoms with Crippen molar-refractivity contribution in [3.63, 3.8) is 0 Å². The van der Waals surface area contributed by atoms with Crippen LogP contribution >= 0.6 is 0 Å². The van der Waals surface area contributed by atoms with Crippen LogP contribution in [0.4, 0.5) is 0 Å². The lowest BCUT2D eigenvalue weighted by molar-refractivity contribution is -0.137. The first-order chi connectivity index (χ1) is 5.18. The van der Waals surface area contributed by atoms with Crippen LogP contribution in [0.1, 0.15) is 13.8 Å². The van der Waals surface area contributed by atoms with E-state index in [-0.39, 0.29) is 27.8 Å². The molecule has 0 saturated carbocycles. The smallest absolute Gasteiger partial charge is 0.339 e. The zero-order valence-electron chi connectivity index (χ0n) is 6.46. The van der Waals surface area contributed by atoms with Gasteiger partial charge in [0.05, 0.1) is 6.17 Å². The number of carbonyl (C=O) groups excluding carboxylic acids is 2. The van der Waals surface area contributed by atoms with Crippen molar-refractivity contribution < 1.29 is 14.0 Å². The van der Waals surface area contributed by atoms with Gasteiger partial charge < -0.3 is 4.43 Å². The molecule has 0 aromatic rings. The quantitative estimate of drug-likeness (QED) is 0.261. The molecule has 0 aliphatic carbocycles. The molecule has 5 heteroatoms. The third-order valence-electron chi connectivity index (χ3n) is 0.852. The highest BCUT2D eigenvalue weighted by molar-refractivity contribution is 6.30. The molecular weight excluding hydrogens is 162 g/mol. The van der Waals surface area contributed by atoms with Gasteiger partial charge >= 0.3 is 9.76 Å². The molecule has 0 unspecified atom stereocenters. The molecule has 2 radical (unpaired) electrons. The van der Waals surface area contributed by atoms with E-state index < -0.39 is 0 Å². The van der Waals surface area contributed by atoms with Crippen LogP contribution in [0.25, 0.3) is 0 Å². The van der Waals surface area contributed by atoms with Gasteiger partial charge in [-0.25, -0.2) is 9.79 Å². The second-order valence-corrected chi connectivity index (χ2v) is 2.94. The summed E-state index contributed by atoms with van der Waals surface area (Å²) in [5, 5.41) is 0. The molecule has 0 spiro atoms. The maximum Gasteiger partial charge on any atom is 0.339 e. The lowest BCUT2D eigenvalue weighted by Gasteiger charge is -2.02. The summed E-state index contributed by atoms with van der Waals surface area (Å²) in [5.74, 6) is -0.382. The SMILES string of the molecule is CC(C)C(=O)O[Si]CN=C=O. The molecule has 0 aromatic heterocycles. The summed E-state index contributed by atoms with van der Waals surface area (Å²) in [6.45, 7) is 3.49. The topological polar surface area (TPSA) is 55.7 Å². The largest absolute Gasteiger partial charge is 0.514 e. The number of rotatable bonds is 4. The van der Waals surface area contributed by atoms with Crippen molar-refractivity contribution in [2.75, 3.05) is 6.17 Å². The minimum atomic E-state index is -0.260. The summed E-state index contributed by atoms with van der Waals surface area (Å²) in [7, 11) is -0.0665. The highest BCUT2D eigenvalue weighted by atomic mass is 28.2. The van der Waals surface area contributed by atoms with Gasteiger partial charge in [0, 0.05) is 5.92 Å². The van der Waals surface area contributed by atoms with Crippen molar-refractivity contribution >= 4 is 21.8 Å². The molecule has 0 bridgehead atoms. The van der Waals surface area contributed by atoms with Crippen LogP contribution in [0.5, 0.6) is 0 Å². The van der Waals surface area contributed by atoms with Crippen molar-refractivity contribution in [3.8, 4) is 0 Å². The molecule has 0 saturated heterocycles. The van der Waals surface area contributed by atoms with E-state index in [0.717, 1.165) is 0 Å². The Morgan fingerprint density at radius 1 is 1.73 bits per heavy atom. The van der Waals surface area contributed by atoms with E-state index in [4.69, 9.17) is 4.43 Å². The Labute approximate surface area is 67.6 Å². The highest BCUT2D eigenvalue weighted by Gasteiger charge is 2.07. The van der Waals surface area contributed by atoms with Crippen LogP contribution < -0.4 is 0 Å². The van der Waals surface area contributed by atoms with Gasteiger partial charge in [-0.2, -0.15) is 0 Å². The third kappa shape index (κ3) is 5.51. The van der Waals surface area contributed by atoms with Crippen molar-refractivity contribution in [3.05, 3.63) is 0 Å². The molecule has 11 heavy (non-hydrogen) atoms. The molecule has 0 rings (SSSR count). The lowest BCUT2D eigenvalue weighted by Crippen LogP contribution is -2.16. The maximum absolute atomic E-state index is 10.8. The average Bonchev–Trinajstić information content (AvgIpc) is 1.97. The lowest BCUT2D eigenvalue weighted by atomic mass is 10.2. The third-order valence-corrected chi connectivity index (χ3v) is 1.49. The molecular formula is C6H9NO3Si. The Hall–Kier alpha value is -0.933. The molecule has 0 heterocycles. The van der Waals surface area contributed by atoms with Gasteiger partial charge in [0.15, 0.2) is 0 Å². The maximum atomic E-state index is 10.8. The van der Waals surface area contributed by atoms with Crippen molar-refractivity contribution in [1.82, 2.24) is 0 Å². The van der Waals surface area contributed by atoms with E-state index in [0.29, 0.717) is 0 Å². The van der Waals surface area contributed by atoms with Crippen LogP contribution in [-0.4, -0.2) is 28.0 Å². The van der Waals surface area contributed by atoms with Crippen LogP contribution in [0.3, 0.4) is 0 Å². The van der Waals surface area contributed by atoms with Gasteiger partial charge in [0.1, 0.15) is 0 Å². The first-order valence-corrected chi connectivity index (χ1v) is 4.27. The molecule has 0 aromatic carbocycles. The molecule has 0 aliphatic rings. The second-order valence-electron chi connectivity index (χ2n) is 2.13. The van der Waals surface area contributed by atoms with E-state index in [1.165, 1.54) is 6.08 Å². The zero-order chi connectivity index (χ0) is 8.69. The van der Waals surface area contributed by atoms with Gasteiger partial charge in [0.2, 0.25) is 6.08 Å². The Bertz CT molecular complexity index is 175. The van der Waals surface area contributed by atoms with Crippen molar-refractivity contribution in [2.24, 2.45) is 10.9 Å². The predicted octanol–water partition coefficient (Wildman–Crippen LogP) is 0.0981. The Morgan fingerprint density at radius 2 is 2.36 bits per heavy atom. The number of hydrogen-bond donors (Lipinski definition) is 0. The standard InChI is InChI=1S/C6H9NO3Si/c1-5(2)6(9)10-11-4-7-3-8/h5H,4H2,1-2H3. The summed E-state index contributed by atoms with van der Waals surface area (Å²) in [6, 6.07) is 0. The van der Waals surface area contributed by atoms with E-state index in [1.807, 2.05) is 0 Å². The fourth-order valence-electron chi connectivity index (χ4n) is 0.286. The molecule has 0 fully saturated rings. The van der Waals surface area contributed by atoms with Gasteiger partial charge in [-0.05, 0) is 0 Å². The number of isocyanates is 1. The Morgan fingerprint density at radius 3 is 2.82 bits per heavy atom. The molecule has 0 atom stereocenters. The number of carbonyl (C=O) groups is 1. The fourth-order valence-corrected chi connectivity index (χ4v) is 0.857. The number of aliphatic imine (C=N–C) groups is 1. The summed E-state index contributed by atoms with van der Waals surface area (Å²) in [4.78, 5) is 23.5. The Kier molecular flexibility index (Phi) is 5.33. The predicted molar refractivity (Wildman–Crippen MR) is 39.7 cm³/mol. The summed E-state index contributed by atoms with van der Waals surface area (Å²) in [6.07, 6.45) is 1.59. The summed E-state index contributed by atoms with van der Waals surface area (Å²) in [5.41, 5.74) is 0. The van der Waals surface area contributed by atoms with E-state index in [2.05, 4.69) is 4.99 Å². The molecule has 0 amide bonds. The zero-order valence-corrected chi connectivity index (χ0v) is 7.46. The van der Waals surface area contributed by atoms with Crippen molar-refractivity contribution in [2.45, 2.75) is 13.8 Å². The fraction of sp³-hybridized carbons (Fsp3) is 0.667. The molecule has 0 aliphatic heterocycles. The number of hydrogen-bond acceptors (Lipinski definition) is 4. The first kappa shape index (κ1) is 10.1. The average molecular weight is 171 g/mol. The Balaban J connectivity index is 3.39. The molecule has 60 valence electrons. The molecule has 0 N–H and O–H groups in total. The summed E-state index contributed by atoms with van der Waals surface area (Å²) < 4.78 is 4.72. The van der Waals surface area contributed by atoms with Crippen molar-refractivity contribution in [1.29, 1.82) is 0 Å². The minimum Gasteiger partial charge on any atom is -0.514 e. The number of nitrogens with zero attached hydrogens (tertiary/aromatic N) is 1. The summed E-state index contributed by atoms with van der Waals surface area (Å²) >= 11 is 0. The van der Waals surface area contributed by atoms with Gasteiger partial charge in [-0.3, -0.25) is 4.79 Å². The van der Waals surface area contributed by atoms with E-state index in [9.17, 15) is 9.59 Å². The van der Waals surface area contributed by atoms with Crippen LogP contribution in [0.2, 0.25) is 0 Å². The monoisotopic (exact) mass is 171 g/mol. The van der Waals surface area contributed by atoms with Crippen LogP contribution in [0, 0.1) is 5.92 Å².